The molecule has 21 heavy (non-hydrogen) atoms. The number of aryl methyl sites for hydroxylation is 1. The number of benzene rings is 2. The molecule has 0 aliphatic rings. The van der Waals surface area contributed by atoms with E-state index < -0.39 is 17.7 Å². The van der Waals surface area contributed by atoms with Gasteiger partial charge in [-0.15, -0.1) is 0 Å². The molecule has 112 valence electrons. The lowest BCUT2D eigenvalue weighted by molar-refractivity contribution is -0.137. The minimum atomic E-state index is -4.37. The summed E-state index contributed by atoms with van der Waals surface area (Å²) >= 11 is 0. The van der Waals surface area contributed by atoms with Gasteiger partial charge in [0.15, 0.2) is 0 Å². The third kappa shape index (κ3) is 6.61. The molecule has 0 saturated heterocycles. The van der Waals surface area contributed by atoms with E-state index in [9.17, 15) is 18.0 Å². The van der Waals surface area contributed by atoms with Crippen LogP contribution in [0.5, 0.6) is 0 Å². The van der Waals surface area contributed by atoms with Crippen molar-refractivity contribution in [3.63, 3.8) is 0 Å². The Kier molecular flexibility index (Phi) is 5.96. The number of carboxylic acid groups (broad SMARTS) is 1. The number of halogens is 3. The number of rotatable bonds is 2. The van der Waals surface area contributed by atoms with E-state index in [4.69, 9.17) is 5.11 Å². The van der Waals surface area contributed by atoms with Gasteiger partial charge in [-0.05, 0) is 24.6 Å². The van der Waals surface area contributed by atoms with E-state index in [2.05, 4.69) is 19.1 Å². The second-order valence-electron chi connectivity index (χ2n) is 4.42. The minimum absolute atomic E-state index is 0.266. The maximum absolute atomic E-state index is 12.1. The lowest BCUT2D eigenvalue weighted by Crippen LogP contribution is -2.05. The predicted molar refractivity (Wildman–Crippen MR) is 74.0 cm³/mol. The molecule has 5 heteroatoms. The average molecular weight is 296 g/mol. The molecular weight excluding hydrogens is 281 g/mol. The van der Waals surface area contributed by atoms with E-state index in [0.717, 1.165) is 24.3 Å². The molecule has 1 N–H and O–H groups in total. The average Bonchev–Trinajstić information content (AvgIpc) is 2.39. The summed E-state index contributed by atoms with van der Waals surface area (Å²) in [5.74, 6) is -1.07. The zero-order valence-electron chi connectivity index (χ0n) is 11.4. The van der Waals surface area contributed by atoms with E-state index in [1.807, 2.05) is 18.2 Å². The lowest BCUT2D eigenvalue weighted by atomic mass is 10.1. The van der Waals surface area contributed by atoms with Gasteiger partial charge >= 0.3 is 12.1 Å². The monoisotopic (exact) mass is 296 g/mol. The van der Waals surface area contributed by atoms with Crippen molar-refractivity contribution in [3.05, 3.63) is 71.3 Å². The predicted octanol–water partition coefficient (Wildman–Crippen LogP) is 4.33. The zero-order chi connectivity index (χ0) is 15.9. The maximum atomic E-state index is 12.1. The summed E-state index contributed by atoms with van der Waals surface area (Å²) < 4.78 is 36.2. The second kappa shape index (κ2) is 7.47. The van der Waals surface area contributed by atoms with Crippen molar-refractivity contribution in [2.24, 2.45) is 0 Å². The SMILES string of the molecule is Cc1ccccc1.O=C(O)Cc1ccc(C(F)(F)F)cc1. The summed E-state index contributed by atoms with van der Waals surface area (Å²) in [5, 5.41) is 8.37. The van der Waals surface area contributed by atoms with Crippen LogP contribution in [0.3, 0.4) is 0 Å². The summed E-state index contributed by atoms with van der Waals surface area (Å²) in [7, 11) is 0. The number of hydrogen-bond donors (Lipinski definition) is 1. The standard InChI is InChI=1S/C9H7F3O2.C7H8/c10-9(11,12)7-3-1-6(2-4-7)5-8(13)14;1-7-5-3-2-4-6-7/h1-4H,5H2,(H,13,14);2-6H,1H3. The molecule has 2 aromatic carbocycles. The summed E-state index contributed by atoms with van der Waals surface area (Å²) in [6, 6.07) is 14.3. The van der Waals surface area contributed by atoms with Crippen LogP contribution in [0, 0.1) is 6.92 Å². The Hall–Kier alpha value is -2.30. The van der Waals surface area contributed by atoms with Gasteiger partial charge in [0.25, 0.3) is 0 Å². The van der Waals surface area contributed by atoms with Gasteiger partial charge < -0.3 is 5.11 Å². The Labute approximate surface area is 120 Å². The molecule has 0 aromatic heterocycles. The highest BCUT2D eigenvalue weighted by Crippen LogP contribution is 2.29. The van der Waals surface area contributed by atoms with E-state index in [-0.39, 0.29) is 6.42 Å². The van der Waals surface area contributed by atoms with Crippen LogP contribution in [0.4, 0.5) is 13.2 Å². The number of aliphatic carboxylic acids is 1. The van der Waals surface area contributed by atoms with Crippen LogP contribution >= 0.6 is 0 Å². The van der Waals surface area contributed by atoms with Gasteiger partial charge in [-0.3, -0.25) is 4.79 Å². The van der Waals surface area contributed by atoms with Gasteiger partial charge in [0.05, 0.1) is 12.0 Å². The highest BCUT2D eigenvalue weighted by Gasteiger charge is 2.29. The topological polar surface area (TPSA) is 37.3 Å². The van der Waals surface area contributed by atoms with Crippen LogP contribution in [-0.4, -0.2) is 11.1 Å². The van der Waals surface area contributed by atoms with Gasteiger partial charge in [0.2, 0.25) is 0 Å². The quantitative estimate of drug-likeness (QED) is 0.895. The van der Waals surface area contributed by atoms with Crippen molar-refractivity contribution in [2.75, 3.05) is 0 Å². The van der Waals surface area contributed by atoms with Crippen LogP contribution in [0.25, 0.3) is 0 Å². The fourth-order valence-corrected chi connectivity index (χ4v) is 1.52. The smallest absolute Gasteiger partial charge is 0.416 e. The normalized spacial score (nSPS) is 10.5. The Morgan fingerprint density at radius 3 is 1.86 bits per heavy atom. The van der Waals surface area contributed by atoms with Crippen molar-refractivity contribution in [1.29, 1.82) is 0 Å². The van der Waals surface area contributed by atoms with Crippen molar-refractivity contribution >= 4 is 5.97 Å². The van der Waals surface area contributed by atoms with Gasteiger partial charge in [0.1, 0.15) is 0 Å². The fourth-order valence-electron chi connectivity index (χ4n) is 1.52. The maximum Gasteiger partial charge on any atom is 0.416 e. The van der Waals surface area contributed by atoms with Gasteiger partial charge in [-0.1, -0.05) is 48.0 Å². The third-order valence-corrected chi connectivity index (χ3v) is 2.58. The first-order valence-corrected chi connectivity index (χ1v) is 6.18. The second-order valence-corrected chi connectivity index (χ2v) is 4.42. The van der Waals surface area contributed by atoms with Gasteiger partial charge in [-0.25, -0.2) is 0 Å². The molecule has 0 saturated carbocycles. The van der Waals surface area contributed by atoms with E-state index in [1.165, 1.54) is 5.56 Å². The van der Waals surface area contributed by atoms with Crippen LogP contribution in [0.1, 0.15) is 16.7 Å². The molecule has 0 atom stereocenters. The Morgan fingerprint density at radius 1 is 1.00 bits per heavy atom. The molecule has 0 fully saturated rings. The molecule has 0 radical (unpaired) electrons. The molecule has 0 aliphatic carbocycles. The van der Waals surface area contributed by atoms with Crippen LogP contribution in [0.2, 0.25) is 0 Å². The van der Waals surface area contributed by atoms with E-state index in [0.29, 0.717) is 5.56 Å². The highest BCUT2D eigenvalue weighted by molar-refractivity contribution is 5.70. The number of carboxylic acids is 1. The molecule has 0 bridgehead atoms. The van der Waals surface area contributed by atoms with Crippen LogP contribution < -0.4 is 0 Å². The van der Waals surface area contributed by atoms with Crippen molar-refractivity contribution in [2.45, 2.75) is 19.5 Å². The minimum Gasteiger partial charge on any atom is -0.481 e. The number of alkyl halides is 3. The molecule has 0 aliphatic heterocycles. The lowest BCUT2D eigenvalue weighted by Gasteiger charge is -2.06. The van der Waals surface area contributed by atoms with Crippen molar-refractivity contribution < 1.29 is 23.1 Å². The molecule has 2 rings (SSSR count). The van der Waals surface area contributed by atoms with Crippen molar-refractivity contribution in [3.8, 4) is 0 Å². The molecule has 2 nitrogen and oxygen atoms in total. The number of carbonyl (C=O) groups is 1. The summed E-state index contributed by atoms with van der Waals surface area (Å²) in [4.78, 5) is 10.2. The number of hydrogen-bond acceptors (Lipinski definition) is 1. The Bertz CT molecular complexity index is 560. The van der Waals surface area contributed by atoms with Crippen LogP contribution in [0.15, 0.2) is 54.6 Å². The van der Waals surface area contributed by atoms with E-state index in [1.54, 1.807) is 0 Å². The first kappa shape index (κ1) is 16.8. The molecular formula is C16H15F3O2. The summed E-state index contributed by atoms with van der Waals surface area (Å²) in [6.45, 7) is 2.08. The molecule has 0 unspecified atom stereocenters. The third-order valence-electron chi connectivity index (χ3n) is 2.58. The summed E-state index contributed by atoms with van der Waals surface area (Å²) in [5.41, 5.74) is 0.902. The largest absolute Gasteiger partial charge is 0.481 e. The Balaban J connectivity index is 0.000000262. The van der Waals surface area contributed by atoms with Gasteiger partial charge in [-0.2, -0.15) is 13.2 Å². The van der Waals surface area contributed by atoms with Crippen molar-refractivity contribution in [1.82, 2.24) is 0 Å². The molecule has 0 spiro atoms. The Morgan fingerprint density at radius 2 is 1.52 bits per heavy atom. The van der Waals surface area contributed by atoms with Crippen LogP contribution in [-0.2, 0) is 17.4 Å². The zero-order valence-corrected chi connectivity index (χ0v) is 11.4. The van der Waals surface area contributed by atoms with E-state index >= 15 is 0 Å². The first-order chi connectivity index (χ1) is 9.79. The van der Waals surface area contributed by atoms with Gasteiger partial charge in [0, 0.05) is 0 Å². The summed E-state index contributed by atoms with van der Waals surface area (Å²) in [6.07, 6.45) is -4.64. The molecule has 0 heterocycles. The molecule has 2 aromatic rings. The first-order valence-electron chi connectivity index (χ1n) is 6.18. The fraction of sp³-hybridized carbons (Fsp3) is 0.188. The highest BCUT2D eigenvalue weighted by atomic mass is 19.4. The molecule has 0 amide bonds.